The predicted molar refractivity (Wildman–Crippen MR) is 92.0 cm³/mol. The number of rotatable bonds is 4. The number of carbonyl (C=O) groups excluding carboxylic acids is 1. The number of aryl methyl sites for hydroxylation is 1. The van der Waals surface area contributed by atoms with Crippen LogP contribution in [-0.4, -0.2) is 58.0 Å². The summed E-state index contributed by atoms with van der Waals surface area (Å²) >= 11 is 0. The van der Waals surface area contributed by atoms with Crippen LogP contribution in [0.2, 0.25) is 0 Å². The first-order chi connectivity index (χ1) is 11.5. The molecule has 0 bridgehead atoms. The molecule has 1 aromatic carbocycles. The molecule has 24 heavy (non-hydrogen) atoms. The van der Waals surface area contributed by atoms with Crippen molar-refractivity contribution in [2.75, 3.05) is 26.7 Å². The minimum Gasteiger partial charge on any atom is -0.486 e. The number of aromatic nitrogens is 2. The Bertz CT molecular complexity index is 695. The van der Waals surface area contributed by atoms with Crippen molar-refractivity contribution >= 4 is 5.91 Å². The lowest BCUT2D eigenvalue weighted by Gasteiger charge is -2.38. The molecule has 1 saturated heterocycles. The Hall–Kier alpha value is -2.34. The van der Waals surface area contributed by atoms with Gasteiger partial charge in [0.2, 0.25) is 0 Å². The van der Waals surface area contributed by atoms with Crippen LogP contribution < -0.4 is 4.74 Å². The van der Waals surface area contributed by atoms with Crippen LogP contribution in [0.5, 0.6) is 5.75 Å². The topological polar surface area (TPSA) is 50.6 Å². The van der Waals surface area contributed by atoms with Crippen LogP contribution in [0.15, 0.2) is 36.7 Å². The molecule has 0 aliphatic carbocycles. The van der Waals surface area contributed by atoms with Crippen molar-refractivity contribution in [3.05, 3.63) is 48.0 Å². The number of benzene rings is 1. The molecule has 0 unspecified atom stereocenters. The molecule has 128 valence electrons. The molecule has 0 radical (unpaired) electrons. The summed E-state index contributed by atoms with van der Waals surface area (Å²) in [5.74, 6) is 1.69. The number of imidazole rings is 1. The molecule has 3 rings (SSSR count). The second-order valence-corrected chi connectivity index (χ2v) is 6.38. The average Bonchev–Trinajstić information content (AvgIpc) is 2.98. The van der Waals surface area contributed by atoms with Crippen molar-refractivity contribution in [3.8, 4) is 5.75 Å². The van der Waals surface area contributed by atoms with Crippen LogP contribution >= 0.6 is 0 Å². The summed E-state index contributed by atoms with van der Waals surface area (Å²) in [6.07, 6.45) is 3.63. The molecule has 1 atom stereocenters. The third kappa shape index (κ3) is 3.59. The quantitative estimate of drug-likeness (QED) is 0.858. The van der Waals surface area contributed by atoms with Gasteiger partial charge >= 0.3 is 0 Å². The van der Waals surface area contributed by atoms with Crippen molar-refractivity contribution in [1.82, 2.24) is 19.4 Å². The fraction of sp³-hybridized carbons (Fsp3) is 0.444. The Morgan fingerprint density at radius 3 is 2.62 bits per heavy atom. The lowest BCUT2D eigenvalue weighted by Crippen LogP contribution is -2.52. The zero-order chi connectivity index (χ0) is 17.1. The molecule has 0 N–H and O–H groups in total. The summed E-state index contributed by atoms with van der Waals surface area (Å²) < 4.78 is 7.65. The fourth-order valence-electron chi connectivity index (χ4n) is 2.98. The summed E-state index contributed by atoms with van der Waals surface area (Å²) in [6, 6.07) is 7.59. The van der Waals surface area contributed by atoms with Gasteiger partial charge in [0.1, 0.15) is 18.2 Å². The van der Waals surface area contributed by atoms with Crippen molar-refractivity contribution in [1.29, 1.82) is 0 Å². The highest BCUT2D eigenvalue weighted by molar-refractivity contribution is 5.94. The number of nitrogens with zero attached hydrogens (tertiary/aromatic N) is 4. The van der Waals surface area contributed by atoms with E-state index in [0.717, 1.165) is 31.2 Å². The number of likely N-dealkylation sites (N-methyl/N-ethyl adjacent to an activating group) is 1. The minimum absolute atomic E-state index is 0.0891. The monoisotopic (exact) mass is 328 g/mol. The van der Waals surface area contributed by atoms with Gasteiger partial charge in [-0.3, -0.25) is 4.79 Å². The standard InChI is InChI=1S/C18H24N4O2/c1-14-12-20(2)10-11-22(14)18(23)15-4-6-16(7-5-15)24-13-17-19-8-9-21(17)3/h4-9,14H,10-13H2,1-3H3/t14-/m0/s1. The lowest BCUT2D eigenvalue weighted by atomic mass is 10.1. The Kier molecular flexibility index (Phi) is 4.85. The Labute approximate surface area is 142 Å². The molecule has 1 amide bonds. The number of ether oxygens (including phenoxy) is 1. The molecule has 1 aromatic heterocycles. The van der Waals surface area contributed by atoms with E-state index in [4.69, 9.17) is 4.74 Å². The molecule has 1 aliphatic heterocycles. The third-order valence-electron chi connectivity index (χ3n) is 4.48. The highest BCUT2D eigenvalue weighted by Gasteiger charge is 2.26. The van der Waals surface area contributed by atoms with Crippen LogP contribution in [-0.2, 0) is 13.7 Å². The summed E-state index contributed by atoms with van der Waals surface area (Å²) in [5, 5.41) is 0. The van der Waals surface area contributed by atoms with Gasteiger partial charge in [-0.05, 0) is 38.2 Å². The normalized spacial score (nSPS) is 18.6. The Morgan fingerprint density at radius 2 is 2.00 bits per heavy atom. The van der Waals surface area contributed by atoms with Crippen LogP contribution in [0.4, 0.5) is 0 Å². The minimum atomic E-state index is 0.0891. The summed E-state index contributed by atoms with van der Waals surface area (Å²) in [5.41, 5.74) is 0.704. The van der Waals surface area contributed by atoms with E-state index in [9.17, 15) is 4.79 Å². The molecule has 1 fully saturated rings. The van der Waals surface area contributed by atoms with E-state index in [1.54, 1.807) is 6.20 Å². The maximum absolute atomic E-state index is 12.7. The van der Waals surface area contributed by atoms with Gasteiger partial charge in [-0.2, -0.15) is 0 Å². The molecule has 0 spiro atoms. The third-order valence-corrected chi connectivity index (χ3v) is 4.48. The number of amides is 1. The van der Waals surface area contributed by atoms with E-state index in [1.165, 1.54) is 0 Å². The SMILES string of the molecule is C[C@H]1CN(C)CCN1C(=O)c1ccc(OCc2nccn2C)cc1. The van der Waals surface area contributed by atoms with Gasteiger partial charge in [0.15, 0.2) is 0 Å². The predicted octanol–water partition coefficient (Wildman–Crippen LogP) is 1.78. The highest BCUT2D eigenvalue weighted by Crippen LogP contribution is 2.17. The van der Waals surface area contributed by atoms with E-state index >= 15 is 0 Å². The molecule has 1 aliphatic rings. The van der Waals surface area contributed by atoms with E-state index in [1.807, 2.05) is 47.0 Å². The smallest absolute Gasteiger partial charge is 0.254 e. The molecular weight excluding hydrogens is 304 g/mol. The number of hydrogen-bond acceptors (Lipinski definition) is 4. The molecule has 2 heterocycles. The molecule has 0 saturated carbocycles. The highest BCUT2D eigenvalue weighted by atomic mass is 16.5. The Balaban J connectivity index is 1.61. The van der Waals surface area contributed by atoms with Gasteiger partial charge in [-0.1, -0.05) is 0 Å². The van der Waals surface area contributed by atoms with Crippen LogP contribution in [0.25, 0.3) is 0 Å². The summed E-state index contributed by atoms with van der Waals surface area (Å²) in [4.78, 5) is 21.1. The van der Waals surface area contributed by atoms with Gasteiger partial charge in [0.25, 0.3) is 5.91 Å². The largest absolute Gasteiger partial charge is 0.486 e. The zero-order valence-corrected chi connectivity index (χ0v) is 14.5. The van der Waals surface area contributed by atoms with E-state index in [0.29, 0.717) is 12.2 Å². The van der Waals surface area contributed by atoms with Crippen molar-refractivity contribution < 1.29 is 9.53 Å². The number of carbonyl (C=O) groups is 1. The summed E-state index contributed by atoms with van der Waals surface area (Å²) in [7, 11) is 4.02. The van der Waals surface area contributed by atoms with Gasteiger partial charge in [-0.15, -0.1) is 0 Å². The maximum Gasteiger partial charge on any atom is 0.254 e. The van der Waals surface area contributed by atoms with E-state index in [2.05, 4.69) is 23.9 Å². The average molecular weight is 328 g/mol. The maximum atomic E-state index is 12.7. The second kappa shape index (κ2) is 7.05. The van der Waals surface area contributed by atoms with Crippen molar-refractivity contribution in [3.63, 3.8) is 0 Å². The van der Waals surface area contributed by atoms with Crippen LogP contribution in [0.3, 0.4) is 0 Å². The van der Waals surface area contributed by atoms with E-state index in [-0.39, 0.29) is 11.9 Å². The zero-order valence-electron chi connectivity index (χ0n) is 14.5. The van der Waals surface area contributed by atoms with Crippen molar-refractivity contribution in [2.45, 2.75) is 19.6 Å². The fourth-order valence-corrected chi connectivity index (χ4v) is 2.98. The van der Waals surface area contributed by atoms with Gasteiger partial charge in [0, 0.05) is 50.7 Å². The number of hydrogen-bond donors (Lipinski definition) is 0. The molecule has 2 aromatic rings. The van der Waals surface area contributed by atoms with Crippen LogP contribution in [0, 0.1) is 0 Å². The van der Waals surface area contributed by atoms with Crippen molar-refractivity contribution in [2.24, 2.45) is 7.05 Å². The van der Waals surface area contributed by atoms with Crippen LogP contribution in [0.1, 0.15) is 23.1 Å². The van der Waals surface area contributed by atoms with Gasteiger partial charge in [-0.25, -0.2) is 4.98 Å². The molecular formula is C18H24N4O2. The Morgan fingerprint density at radius 1 is 1.25 bits per heavy atom. The molecule has 6 nitrogen and oxygen atoms in total. The molecule has 6 heteroatoms. The first-order valence-corrected chi connectivity index (χ1v) is 8.23. The van der Waals surface area contributed by atoms with Gasteiger partial charge in [0.05, 0.1) is 0 Å². The second-order valence-electron chi connectivity index (χ2n) is 6.38. The summed E-state index contributed by atoms with van der Waals surface area (Å²) in [6.45, 7) is 5.11. The first-order valence-electron chi connectivity index (χ1n) is 8.23. The first kappa shape index (κ1) is 16.5. The number of piperazine rings is 1. The van der Waals surface area contributed by atoms with E-state index < -0.39 is 0 Å². The lowest BCUT2D eigenvalue weighted by molar-refractivity contribution is 0.0533. The van der Waals surface area contributed by atoms with Gasteiger partial charge < -0.3 is 19.1 Å².